The smallest absolute Gasteiger partial charge is 0.256 e. The van der Waals surface area contributed by atoms with Crippen LogP contribution in [0.4, 0.5) is 0 Å². The van der Waals surface area contributed by atoms with Gasteiger partial charge in [-0.3, -0.25) is 9.59 Å². The van der Waals surface area contributed by atoms with Crippen LogP contribution in [0, 0.1) is 5.92 Å². The molecule has 0 unspecified atom stereocenters. The Bertz CT molecular complexity index is 995. The van der Waals surface area contributed by atoms with Crippen LogP contribution in [-0.4, -0.2) is 22.0 Å². The maximum atomic E-state index is 12.7. The van der Waals surface area contributed by atoms with E-state index in [1.165, 1.54) is 0 Å². The van der Waals surface area contributed by atoms with Crippen molar-refractivity contribution in [3.8, 4) is 5.69 Å². The molecule has 0 spiro atoms. The summed E-state index contributed by atoms with van der Waals surface area (Å²) < 4.78 is 2.67. The van der Waals surface area contributed by atoms with Crippen molar-refractivity contribution in [3.05, 3.63) is 69.1 Å². The normalized spacial score (nSPS) is 11.0. The third-order valence-electron chi connectivity index (χ3n) is 3.76. The predicted octanol–water partition coefficient (Wildman–Crippen LogP) is 3.53. The van der Waals surface area contributed by atoms with Crippen LogP contribution in [0.2, 0.25) is 0 Å². The van der Waals surface area contributed by atoms with E-state index >= 15 is 0 Å². The number of amides is 1. The summed E-state index contributed by atoms with van der Waals surface area (Å²) in [6, 6.07) is 11.0. The summed E-state index contributed by atoms with van der Waals surface area (Å²) in [5.74, 6) is -0.0634. The molecule has 25 heavy (non-hydrogen) atoms. The number of benzene rings is 1. The van der Waals surface area contributed by atoms with Gasteiger partial charge >= 0.3 is 0 Å². The number of aromatic nitrogens is 2. The third kappa shape index (κ3) is 3.64. The van der Waals surface area contributed by atoms with Gasteiger partial charge in [-0.2, -0.15) is 0 Å². The summed E-state index contributed by atoms with van der Waals surface area (Å²) in [5, 5.41) is 3.23. The topological polar surface area (TPSA) is 64.0 Å². The zero-order valence-electron chi connectivity index (χ0n) is 14.0. The van der Waals surface area contributed by atoms with Crippen LogP contribution in [-0.2, 0) is 0 Å². The Morgan fingerprint density at radius 2 is 2.08 bits per heavy atom. The number of carbonyl (C=O) groups is 1. The number of hydrogen-bond donors (Lipinski definition) is 1. The Balaban J connectivity index is 2.21. The molecule has 128 valence electrons. The minimum atomic E-state index is -0.367. The number of halogens is 1. The fourth-order valence-corrected chi connectivity index (χ4v) is 2.92. The summed E-state index contributed by atoms with van der Waals surface area (Å²) in [6.45, 7) is 4.52. The second kappa shape index (κ2) is 7.19. The number of fused-ring (bicyclic) bond motifs is 1. The van der Waals surface area contributed by atoms with Gasteiger partial charge in [-0.1, -0.05) is 35.8 Å². The second-order valence-electron chi connectivity index (χ2n) is 6.20. The van der Waals surface area contributed by atoms with Crippen molar-refractivity contribution >= 4 is 32.9 Å². The van der Waals surface area contributed by atoms with E-state index in [9.17, 15) is 9.59 Å². The highest BCUT2D eigenvalue weighted by Crippen LogP contribution is 2.19. The molecule has 0 saturated carbocycles. The van der Waals surface area contributed by atoms with Gasteiger partial charge in [0.1, 0.15) is 11.2 Å². The molecular weight excluding hydrogens is 382 g/mol. The van der Waals surface area contributed by atoms with Gasteiger partial charge in [-0.15, -0.1) is 0 Å². The molecule has 0 aliphatic rings. The zero-order chi connectivity index (χ0) is 18.0. The summed E-state index contributed by atoms with van der Waals surface area (Å²) >= 11 is 3.45. The third-order valence-corrected chi connectivity index (χ3v) is 4.26. The summed E-state index contributed by atoms with van der Waals surface area (Å²) in [4.78, 5) is 29.6. The highest BCUT2D eigenvalue weighted by Gasteiger charge is 2.17. The van der Waals surface area contributed by atoms with Crippen LogP contribution in [0.25, 0.3) is 16.7 Å². The van der Waals surface area contributed by atoms with Gasteiger partial charge in [0.05, 0.1) is 5.39 Å². The summed E-state index contributed by atoms with van der Waals surface area (Å²) in [5.41, 5.74) is 1.14. The van der Waals surface area contributed by atoms with Gasteiger partial charge in [0.2, 0.25) is 5.43 Å². The van der Waals surface area contributed by atoms with Gasteiger partial charge in [0.15, 0.2) is 0 Å². The minimum absolute atomic E-state index is 0.112. The molecule has 0 aliphatic carbocycles. The van der Waals surface area contributed by atoms with E-state index in [-0.39, 0.29) is 16.9 Å². The lowest BCUT2D eigenvalue weighted by molar-refractivity contribution is 0.0947. The van der Waals surface area contributed by atoms with E-state index in [2.05, 4.69) is 26.2 Å². The lowest BCUT2D eigenvalue weighted by Gasteiger charge is -2.13. The Hall–Kier alpha value is -2.47. The van der Waals surface area contributed by atoms with Gasteiger partial charge in [0, 0.05) is 29.1 Å². The monoisotopic (exact) mass is 399 g/mol. The van der Waals surface area contributed by atoms with Gasteiger partial charge < -0.3 is 9.88 Å². The number of rotatable bonds is 4. The maximum absolute atomic E-state index is 12.7. The Morgan fingerprint density at radius 3 is 2.80 bits per heavy atom. The average molecular weight is 400 g/mol. The lowest BCUT2D eigenvalue weighted by atomic mass is 10.1. The average Bonchev–Trinajstić information content (AvgIpc) is 2.60. The molecule has 0 fully saturated rings. The molecule has 6 heteroatoms. The molecule has 3 rings (SSSR count). The zero-order valence-corrected chi connectivity index (χ0v) is 15.6. The number of carbonyl (C=O) groups excluding carboxylic acids is 1. The Kier molecular flexibility index (Phi) is 4.99. The van der Waals surface area contributed by atoms with Gasteiger partial charge in [-0.25, -0.2) is 4.98 Å². The van der Waals surface area contributed by atoms with E-state index in [1.807, 2.05) is 38.1 Å². The van der Waals surface area contributed by atoms with Crippen molar-refractivity contribution in [3.63, 3.8) is 0 Å². The quantitative estimate of drug-likeness (QED) is 0.729. The highest BCUT2D eigenvalue weighted by atomic mass is 79.9. The lowest BCUT2D eigenvalue weighted by Crippen LogP contribution is -2.32. The van der Waals surface area contributed by atoms with Crippen molar-refractivity contribution in [2.75, 3.05) is 6.54 Å². The number of nitrogens with one attached hydrogen (secondary N) is 1. The number of pyridine rings is 2. The summed E-state index contributed by atoms with van der Waals surface area (Å²) in [6.07, 6.45) is 3.20. The predicted molar refractivity (Wildman–Crippen MR) is 102 cm³/mol. The first kappa shape index (κ1) is 17.4. The minimum Gasteiger partial charge on any atom is -0.352 e. The van der Waals surface area contributed by atoms with Crippen LogP contribution in [0.1, 0.15) is 24.2 Å². The molecule has 1 amide bonds. The van der Waals surface area contributed by atoms with Crippen molar-refractivity contribution in [2.24, 2.45) is 5.92 Å². The molecule has 3 aromatic rings. The van der Waals surface area contributed by atoms with Crippen LogP contribution in [0.15, 0.2) is 58.1 Å². The molecule has 2 heterocycles. The van der Waals surface area contributed by atoms with E-state index in [0.717, 1.165) is 10.2 Å². The molecule has 1 aromatic carbocycles. The van der Waals surface area contributed by atoms with Crippen LogP contribution in [0.3, 0.4) is 0 Å². The standard InChI is InChI=1S/C19H18BrN3O2/c1-12(2)10-22-19(25)16-11-23(14-6-3-5-13(20)9-14)18-15(17(16)24)7-4-8-21-18/h3-9,11-12H,10H2,1-2H3,(H,22,25). The van der Waals surface area contributed by atoms with Crippen LogP contribution >= 0.6 is 15.9 Å². The Labute approximate surface area is 153 Å². The maximum Gasteiger partial charge on any atom is 0.256 e. The first-order valence-electron chi connectivity index (χ1n) is 8.02. The molecule has 0 aliphatic heterocycles. The number of nitrogens with zero attached hydrogens (tertiary/aromatic N) is 2. The summed E-state index contributed by atoms with van der Waals surface area (Å²) in [7, 11) is 0. The molecule has 0 atom stereocenters. The molecule has 2 aromatic heterocycles. The van der Waals surface area contributed by atoms with Crippen LogP contribution in [0.5, 0.6) is 0 Å². The second-order valence-corrected chi connectivity index (χ2v) is 7.12. The first-order valence-corrected chi connectivity index (χ1v) is 8.81. The SMILES string of the molecule is CC(C)CNC(=O)c1cn(-c2cccc(Br)c2)c2ncccc2c1=O. The fraction of sp³-hybridized carbons (Fsp3) is 0.211. The van der Waals surface area contributed by atoms with E-state index in [4.69, 9.17) is 0 Å². The van der Waals surface area contributed by atoms with Crippen molar-refractivity contribution in [1.29, 1.82) is 0 Å². The van der Waals surface area contributed by atoms with Crippen molar-refractivity contribution < 1.29 is 4.79 Å². The van der Waals surface area contributed by atoms with Gasteiger partial charge in [-0.05, 0) is 36.2 Å². The van der Waals surface area contributed by atoms with E-state index in [0.29, 0.717) is 23.5 Å². The molecule has 5 nitrogen and oxygen atoms in total. The largest absolute Gasteiger partial charge is 0.352 e. The van der Waals surface area contributed by atoms with Crippen LogP contribution < -0.4 is 10.7 Å². The fourth-order valence-electron chi connectivity index (χ4n) is 2.54. The first-order chi connectivity index (χ1) is 12.0. The van der Waals surface area contributed by atoms with E-state index in [1.54, 1.807) is 29.1 Å². The Morgan fingerprint density at radius 1 is 1.28 bits per heavy atom. The van der Waals surface area contributed by atoms with Crippen molar-refractivity contribution in [2.45, 2.75) is 13.8 Å². The van der Waals surface area contributed by atoms with Crippen molar-refractivity contribution in [1.82, 2.24) is 14.9 Å². The molecule has 1 N–H and O–H groups in total. The molecule has 0 bridgehead atoms. The van der Waals surface area contributed by atoms with E-state index < -0.39 is 0 Å². The van der Waals surface area contributed by atoms with Gasteiger partial charge in [0.25, 0.3) is 5.91 Å². The number of hydrogen-bond acceptors (Lipinski definition) is 3. The highest BCUT2D eigenvalue weighted by molar-refractivity contribution is 9.10. The molecule has 0 saturated heterocycles. The molecular formula is C19H18BrN3O2. The molecule has 0 radical (unpaired) electrons.